The van der Waals surface area contributed by atoms with Crippen molar-refractivity contribution in [3.8, 4) is 5.75 Å². The van der Waals surface area contributed by atoms with Gasteiger partial charge in [0, 0.05) is 23.7 Å². The summed E-state index contributed by atoms with van der Waals surface area (Å²) in [5.41, 5.74) is -0.125. The minimum atomic E-state index is -3.92. The number of anilines is 1. The van der Waals surface area contributed by atoms with Crippen molar-refractivity contribution in [2.45, 2.75) is 11.8 Å². The summed E-state index contributed by atoms with van der Waals surface area (Å²) in [4.78, 5) is 10.4. The highest BCUT2D eigenvalue weighted by atomic mass is 35.5. The summed E-state index contributed by atoms with van der Waals surface area (Å²) in [6.45, 7) is 1.70. The highest BCUT2D eigenvalue weighted by Gasteiger charge is 2.27. The highest BCUT2D eigenvalue weighted by Crippen LogP contribution is 2.35. The van der Waals surface area contributed by atoms with Gasteiger partial charge in [0.1, 0.15) is 11.4 Å². The SMILES string of the molecule is CCN(c1cc([N+](=O)[O-])ccc1OC)S(=O)(=O)c1ccc(Cl)cc1. The zero-order valence-electron chi connectivity index (χ0n) is 13.0. The molecule has 0 atom stereocenters. The van der Waals surface area contributed by atoms with Crippen LogP contribution in [0.1, 0.15) is 6.92 Å². The van der Waals surface area contributed by atoms with E-state index >= 15 is 0 Å². The molecule has 0 amide bonds. The molecular weight excluding hydrogens is 356 g/mol. The first-order chi connectivity index (χ1) is 11.3. The van der Waals surface area contributed by atoms with Crippen LogP contribution in [-0.2, 0) is 10.0 Å². The summed E-state index contributed by atoms with van der Waals surface area (Å²) in [6, 6.07) is 9.49. The minimum Gasteiger partial charge on any atom is -0.495 e. The van der Waals surface area contributed by atoms with Gasteiger partial charge in [-0.25, -0.2) is 8.42 Å². The van der Waals surface area contributed by atoms with Crippen LogP contribution in [0.3, 0.4) is 0 Å². The Morgan fingerprint density at radius 1 is 1.21 bits per heavy atom. The molecule has 2 aromatic rings. The summed E-state index contributed by atoms with van der Waals surface area (Å²) < 4.78 is 32.0. The van der Waals surface area contributed by atoms with Crippen molar-refractivity contribution in [1.82, 2.24) is 0 Å². The third kappa shape index (κ3) is 3.44. The summed E-state index contributed by atoms with van der Waals surface area (Å²) in [5, 5.41) is 11.4. The minimum absolute atomic E-state index is 0.0299. The largest absolute Gasteiger partial charge is 0.495 e. The Kier molecular flexibility index (Phi) is 5.30. The van der Waals surface area contributed by atoms with Crippen molar-refractivity contribution in [3.63, 3.8) is 0 Å². The van der Waals surface area contributed by atoms with Crippen LogP contribution < -0.4 is 9.04 Å². The lowest BCUT2D eigenvalue weighted by atomic mass is 10.2. The van der Waals surface area contributed by atoms with E-state index in [9.17, 15) is 18.5 Å². The molecule has 0 aliphatic carbocycles. The first kappa shape index (κ1) is 18.0. The van der Waals surface area contributed by atoms with Crippen LogP contribution in [0.15, 0.2) is 47.4 Å². The van der Waals surface area contributed by atoms with Gasteiger partial charge < -0.3 is 4.74 Å². The fourth-order valence-electron chi connectivity index (χ4n) is 2.19. The molecule has 0 heterocycles. The quantitative estimate of drug-likeness (QED) is 0.573. The second kappa shape index (κ2) is 7.06. The van der Waals surface area contributed by atoms with Gasteiger partial charge in [0.2, 0.25) is 0 Å². The van der Waals surface area contributed by atoms with Gasteiger partial charge in [-0.1, -0.05) is 11.6 Å². The molecule has 0 fully saturated rings. The Labute approximate surface area is 144 Å². The molecule has 9 heteroatoms. The summed E-state index contributed by atoms with van der Waals surface area (Å²) >= 11 is 5.79. The van der Waals surface area contributed by atoms with E-state index in [-0.39, 0.29) is 28.6 Å². The average Bonchev–Trinajstić information content (AvgIpc) is 2.55. The predicted molar refractivity (Wildman–Crippen MR) is 91.3 cm³/mol. The molecule has 128 valence electrons. The zero-order valence-corrected chi connectivity index (χ0v) is 14.5. The van der Waals surface area contributed by atoms with E-state index in [1.807, 2.05) is 0 Å². The lowest BCUT2D eigenvalue weighted by molar-refractivity contribution is -0.384. The van der Waals surface area contributed by atoms with Gasteiger partial charge in [-0.2, -0.15) is 0 Å². The Balaban J connectivity index is 2.60. The van der Waals surface area contributed by atoms with Crippen LogP contribution in [0.5, 0.6) is 5.75 Å². The van der Waals surface area contributed by atoms with Gasteiger partial charge in [-0.05, 0) is 37.3 Å². The van der Waals surface area contributed by atoms with Crippen LogP contribution >= 0.6 is 11.6 Å². The van der Waals surface area contributed by atoms with Gasteiger partial charge in [0.25, 0.3) is 15.7 Å². The molecule has 24 heavy (non-hydrogen) atoms. The first-order valence-electron chi connectivity index (χ1n) is 6.92. The third-order valence-corrected chi connectivity index (χ3v) is 5.49. The number of nitro benzene ring substituents is 1. The number of nitrogens with zero attached hydrogens (tertiary/aromatic N) is 2. The van der Waals surface area contributed by atoms with Crippen molar-refractivity contribution < 1.29 is 18.1 Å². The molecule has 2 aromatic carbocycles. The van der Waals surface area contributed by atoms with E-state index in [0.717, 1.165) is 4.31 Å². The number of hydrogen-bond acceptors (Lipinski definition) is 5. The summed E-state index contributed by atoms with van der Waals surface area (Å²) in [5.74, 6) is 0.222. The van der Waals surface area contributed by atoms with Crippen molar-refractivity contribution in [3.05, 3.63) is 57.6 Å². The van der Waals surface area contributed by atoms with E-state index in [1.54, 1.807) is 6.92 Å². The second-order valence-corrected chi connectivity index (χ2v) is 7.04. The van der Waals surface area contributed by atoms with Crippen molar-refractivity contribution in [1.29, 1.82) is 0 Å². The summed E-state index contributed by atoms with van der Waals surface area (Å²) in [6.07, 6.45) is 0. The maximum absolute atomic E-state index is 12.9. The molecule has 0 bridgehead atoms. The first-order valence-corrected chi connectivity index (χ1v) is 8.73. The molecule has 0 radical (unpaired) electrons. The number of sulfonamides is 1. The molecule has 0 aliphatic heterocycles. The Morgan fingerprint density at radius 3 is 2.33 bits per heavy atom. The van der Waals surface area contributed by atoms with Crippen molar-refractivity contribution >= 4 is 33.0 Å². The van der Waals surface area contributed by atoms with Crippen LogP contribution in [0.4, 0.5) is 11.4 Å². The molecule has 0 saturated heterocycles. The van der Waals surface area contributed by atoms with E-state index in [0.29, 0.717) is 5.02 Å². The number of rotatable bonds is 6. The van der Waals surface area contributed by atoms with Gasteiger partial charge >= 0.3 is 0 Å². The van der Waals surface area contributed by atoms with Crippen LogP contribution in [0.25, 0.3) is 0 Å². The predicted octanol–water partition coefficient (Wildman–Crippen LogP) is 3.47. The lowest BCUT2D eigenvalue weighted by Gasteiger charge is -2.24. The van der Waals surface area contributed by atoms with Gasteiger partial charge in [-0.15, -0.1) is 0 Å². The van der Waals surface area contributed by atoms with Gasteiger partial charge in [0.05, 0.1) is 16.9 Å². The zero-order chi connectivity index (χ0) is 17.9. The number of ether oxygens (including phenoxy) is 1. The second-order valence-electron chi connectivity index (χ2n) is 4.74. The highest BCUT2D eigenvalue weighted by molar-refractivity contribution is 7.92. The van der Waals surface area contributed by atoms with Gasteiger partial charge in [-0.3, -0.25) is 14.4 Å². The van der Waals surface area contributed by atoms with E-state index in [1.165, 1.54) is 49.6 Å². The fourth-order valence-corrected chi connectivity index (χ4v) is 3.79. The fraction of sp³-hybridized carbons (Fsp3) is 0.200. The van der Waals surface area contributed by atoms with E-state index in [2.05, 4.69) is 0 Å². The number of methoxy groups -OCH3 is 1. The van der Waals surface area contributed by atoms with Crippen LogP contribution in [-0.4, -0.2) is 27.0 Å². The van der Waals surface area contributed by atoms with Crippen molar-refractivity contribution in [2.75, 3.05) is 18.0 Å². The van der Waals surface area contributed by atoms with E-state index in [4.69, 9.17) is 16.3 Å². The number of hydrogen-bond donors (Lipinski definition) is 0. The average molecular weight is 371 g/mol. The molecular formula is C15H15ClN2O5S. The monoisotopic (exact) mass is 370 g/mol. The molecule has 0 aromatic heterocycles. The standard InChI is InChI=1S/C15H15ClN2O5S/c1-3-17(24(21,22)13-7-4-11(16)5-8-13)14-10-12(18(19)20)6-9-15(14)23-2/h4-10H,3H2,1-2H3. The Morgan fingerprint density at radius 2 is 1.83 bits per heavy atom. The summed E-state index contributed by atoms with van der Waals surface area (Å²) in [7, 11) is -2.56. The number of halogens is 1. The van der Waals surface area contributed by atoms with Crippen LogP contribution in [0, 0.1) is 10.1 Å². The topological polar surface area (TPSA) is 89.8 Å². The van der Waals surface area contributed by atoms with Crippen molar-refractivity contribution in [2.24, 2.45) is 0 Å². The molecule has 0 spiro atoms. The molecule has 0 saturated carbocycles. The molecule has 2 rings (SSSR count). The lowest BCUT2D eigenvalue weighted by Crippen LogP contribution is -2.31. The number of non-ortho nitro benzene ring substituents is 1. The Hall–Kier alpha value is -2.32. The normalized spacial score (nSPS) is 11.1. The smallest absolute Gasteiger partial charge is 0.271 e. The maximum Gasteiger partial charge on any atom is 0.271 e. The van der Waals surface area contributed by atoms with Crippen LogP contribution in [0.2, 0.25) is 5.02 Å². The number of nitro groups is 1. The van der Waals surface area contributed by atoms with E-state index < -0.39 is 14.9 Å². The molecule has 7 nitrogen and oxygen atoms in total. The molecule has 0 unspecified atom stereocenters. The third-order valence-electron chi connectivity index (χ3n) is 3.33. The number of benzene rings is 2. The van der Waals surface area contributed by atoms with Gasteiger partial charge in [0.15, 0.2) is 0 Å². The Bertz CT molecular complexity index is 853. The molecule has 0 N–H and O–H groups in total. The maximum atomic E-state index is 12.9. The molecule has 0 aliphatic rings.